The maximum Gasteiger partial charge on any atom is 0.309 e. The largest absolute Gasteiger partial charge is 0.481 e. The molecule has 2 rings (SSSR count). The molecule has 2 aliphatic rings. The van der Waals surface area contributed by atoms with Gasteiger partial charge in [0.25, 0.3) is 0 Å². The van der Waals surface area contributed by atoms with Gasteiger partial charge in [-0.15, -0.1) is 0 Å². The molecule has 0 radical (unpaired) electrons. The Morgan fingerprint density at radius 3 is 2.05 bits per heavy atom. The van der Waals surface area contributed by atoms with Crippen molar-refractivity contribution in [1.29, 1.82) is 0 Å². The fraction of sp³-hybridized carbons (Fsp3) is 0.947. The van der Waals surface area contributed by atoms with Crippen molar-refractivity contribution in [2.24, 2.45) is 22.7 Å². The quantitative estimate of drug-likeness (QED) is 0.727. The van der Waals surface area contributed by atoms with Gasteiger partial charge in [0.05, 0.1) is 5.41 Å². The number of carboxylic acids is 1. The minimum atomic E-state index is -0.521. The Balaban J connectivity index is 2.17. The van der Waals surface area contributed by atoms with Gasteiger partial charge in [-0.2, -0.15) is 0 Å². The van der Waals surface area contributed by atoms with Crippen LogP contribution in [-0.4, -0.2) is 11.1 Å². The Hall–Kier alpha value is -0.530. The predicted octanol–water partition coefficient (Wildman–Crippen LogP) is 5.65. The average molecular weight is 294 g/mol. The van der Waals surface area contributed by atoms with E-state index in [0.29, 0.717) is 5.92 Å². The molecule has 1 atom stereocenters. The summed E-state index contributed by atoms with van der Waals surface area (Å²) in [4.78, 5) is 12.0. The van der Waals surface area contributed by atoms with Crippen LogP contribution in [0.15, 0.2) is 0 Å². The van der Waals surface area contributed by atoms with Crippen molar-refractivity contribution in [3.8, 4) is 0 Å². The summed E-state index contributed by atoms with van der Waals surface area (Å²) in [5, 5.41) is 9.90. The predicted molar refractivity (Wildman–Crippen MR) is 87.3 cm³/mol. The second-order valence-corrected chi connectivity index (χ2v) is 8.72. The second kappa shape index (κ2) is 6.71. The molecule has 1 unspecified atom stereocenters. The number of aliphatic carboxylic acids is 1. The van der Waals surface area contributed by atoms with E-state index in [4.69, 9.17) is 0 Å². The normalized spacial score (nSPS) is 25.5. The molecule has 1 N–H and O–H groups in total. The Bertz CT molecular complexity index is 341. The Morgan fingerprint density at radius 1 is 1.05 bits per heavy atom. The van der Waals surface area contributed by atoms with Crippen LogP contribution in [0.3, 0.4) is 0 Å². The van der Waals surface area contributed by atoms with Crippen LogP contribution >= 0.6 is 0 Å². The zero-order valence-electron chi connectivity index (χ0n) is 14.3. The first-order valence-electron chi connectivity index (χ1n) is 9.09. The summed E-state index contributed by atoms with van der Waals surface area (Å²) in [5.41, 5.74) is -0.199. The first-order chi connectivity index (χ1) is 9.85. The molecule has 2 nitrogen and oxygen atoms in total. The van der Waals surface area contributed by atoms with E-state index < -0.39 is 11.4 Å². The van der Waals surface area contributed by atoms with Crippen LogP contribution in [0.25, 0.3) is 0 Å². The number of carbonyl (C=O) groups is 1. The van der Waals surface area contributed by atoms with Gasteiger partial charge in [-0.1, -0.05) is 72.1 Å². The maximum absolute atomic E-state index is 12.0. The van der Waals surface area contributed by atoms with Gasteiger partial charge in [0.15, 0.2) is 0 Å². The first-order valence-corrected chi connectivity index (χ1v) is 9.09. The molecule has 0 bridgehead atoms. The molecule has 122 valence electrons. The average Bonchev–Trinajstić information content (AvgIpc) is 2.45. The van der Waals surface area contributed by atoms with Gasteiger partial charge in [-0.3, -0.25) is 4.79 Å². The van der Waals surface area contributed by atoms with E-state index >= 15 is 0 Å². The highest BCUT2D eigenvalue weighted by Crippen LogP contribution is 2.50. The smallest absolute Gasteiger partial charge is 0.309 e. The number of carboxylic acid groups (broad SMARTS) is 1. The van der Waals surface area contributed by atoms with Crippen LogP contribution in [0, 0.1) is 22.7 Å². The first kappa shape index (κ1) is 16.8. The topological polar surface area (TPSA) is 37.3 Å². The highest BCUT2D eigenvalue weighted by Gasteiger charge is 2.45. The molecule has 2 heteroatoms. The summed E-state index contributed by atoms with van der Waals surface area (Å²) >= 11 is 0. The van der Waals surface area contributed by atoms with Crippen LogP contribution in [0.2, 0.25) is 0 Å². The third-order valence-corrected chi connectivity index (χ3v) is 6.21. The minimum Gasteiger partial charge on any atom is -0.481 e. The lowest BCUT2D eigenvalue weighted by molar-refractivity contribution is -0.154. The lowest BCUT2D eigenvalue weighted by Gasteiger charge is -2.45. The van der Waals surface area contributed by atoms with Gasteiger partial charge in [0.1, 0.15) is 0 Å². The molecule has 0 aromatic heterocycles. The summed E-state index contributed by atoms with van der Waals surface area (Å²) in [7, 11) is 0. The SMILES string of the molecule is CC(C)(C)C(CC1(C(=O)O)CCCCC1)C1CCCCC1. The molecule has 2 aliphatic carbocycles. The van der Waals surface area contributed by atoms with Crippen molar-refractivity contribution < 1.29 is 9.90 Å². The van der Waals surface area contributed by atoms with Crippen LogP contribution in [0.4, 0.5) is 0 Å². The van der Waals surface area contributed by atoms with Crippen molar-refractivity contribution >= 4 is 5.97 Å². The number of hydrogen-bond acceptors (Lipinski definition) is 1. The van der Waals surface area contributed by atoms with E-state index in [1.54, 1.807) is 0 Å². The third-order valence-electron chi connectivity index (χ3n) is 6.21. The molecule has 0 spiro atoms. The molecule has 0 aliphatic heterocycles. The van der Waals surface area contributed by atoms with Gasteiger partial charge < -0.3 is 5.11 Å². The van der Waals surface area contributed by atoms with E-state index in [0.717, 1.165) is 38.0 Å². The van der Waals surface area contributed by atoms with Crippen LogP contribution in [0.1, 0.15) is 91.4 Å². The summed E-state index contributed by atoms with van der Waals surface area (Å²) in [6, 6.07) is 0. The third kappa shape index (κ3) is 4.02. The van der Waals surface area contributed by atoms with Gasteiger partial charge in [-0.05, 0) is 36.5 Å². The number of hydrogen-bond donors (Lipinski definition) is 1. The Kier molecular flexibility index (Phi) is 5.38. The van der Waals surface area contributed by atoms with E-state index in [2.05, 4.69) is 20.8 Å². The molecule has 0 aromatic rings. The summed E-state index contributed by atoms with van der Waals surface area (Å²) in [5.74, 6) is 0.788. The number of rotatable bonds is 4. The monoisotopic (exact) mass is 294 g/mol. The van der Waals surface area contributed by atoms with Gasteiger partial charge >= 0.3 is 5.97 Å². The van der Waals surface area contributed by atoms with E-state index in [9.17, 15) is 9.90 Å². The lowest BCUT2D eigenvalue weighted by Crippen LogP contribution is -2.41. The van der Waals surface area contributed by atoms with Crippen LogP contribution in [-0.2, 0) is 4.79 Å². The highest BCUT2D eigenvalue weighted by atomic mass is 16.4. The summed E-state index contributed by atoms with van der Waals surface area (Å²) in [6.45, 7) is 6.97. The molecule has 2 fully saturated rings. The van der Waals surface area contributed by atoms with Gasteiger partial charge in [0, 0.05) is 0 Å². The van der Waals surface area contributed by atoms with E-state index in [1.165, 1.54) is 38.5 Å². The van der Waals surface area contributed by atoms with Crippen LogP contribution in [0.5, 0.6) is 0 Å². The molecule has 2 saturated carbocycles. The Morgan fingerprint density at radius 2 is 1.57 bits per heavy atom. The van der Waals surface area contributed by atoms with Crippen molar-refractivity contribution in [3.63, 3.8) is 0 Å². The second-order valence-electron chi connectivity index (χ2n) is 8.72. The fourth-order valence-corrected chi connectivity index (χ4v) is 4.87. The molecular weight excluding hydrogens is 260 g/mol. The molecule has 0 heterocycles. The zero-order chi connectivity index (χ0) is 15.5. The Labute approximate surface area is 130 Å². The fourth-order valence-electron chi connectivity index (χ4n) is 4.87. The molecule has 21 heavy (non-hydrogen) atoms. The van der Waals surface area contributed by atoms with Crippen LogP contribution < -0.4 is 0 Å². The van der Waals surface area contributed by atoms with Crippen molar-refractivity contribution in [2.75, 3.05) is 0 Å². The highest BCUT2D eigenvalue weighted by molar-refractivity contribution is 5.74. The van der Waals surface area contributed by atoms with E-state index in [1.807, 2.05) is 0 Å². The van der Waals surface area contributed by atoms with Crippen molar-refractivity contribution in [1.82, 2.24) is 0 Å². The van der Waals surface area contributed by atoms with E-state index in [-0.39, 0.29) is 5.41 Å². The molecular formula is C19H34O2. The van der Waals surface area contributed by atoms with Crippen molar-refractivity contribution in [2.45, 2.75) is 91.4 Å². The van der Waals surface area contributed by atoms with Gasteiger partial charge in [-0.25, -0.2) is 0 Å². The molecule has 0 aromatic carbocycles. The molecule has 0 amide bonds. The minimum absolute atomic E-state index is 0.224. The maximum atomic E-state index is 12.0. The molecule has 0 saturated heterocycles. The van der Waals surface area contributed by atoms with Crippen molar-refractivity contribution in [3.05, 3.63) is 0 Å². The zero-order valence-corrected chi connectivity index (χ0v) is 14.3. The lowest BCUT2D eigenvalue weighted by atomic mass is 9.59. The van der Waals surface area contributed by atoms with Gasteiger partial charge in [0.2, 0.25) is 0 Å². The standard InChI is InChI=1S/C19H34O2/c1-18(2,3)16(15-10-6-4-7-11-15)14-19(17(20)21)12-8-5-9-13-19/h15-16H,4-14H2,1-3H3,(H,20,21). The summed E-state index contributed by atoms with van der Waals surface area (Å²) < 4.78 is 0. The summed E-state index contributed by atoms with van der Waals surface area (Å²) in [6.07, 6.45) is 12.8.